The third-order valence-corrected chi connectivity index (χ3v) is 5.71. The molecule has 0 unspecified atom stereocenters. The molecule has 2 heterocycles. The van der Waals surface area contributed by atoms with E-state index in [1.165, 1.54) is 12.1 Å². The SMILES string of the molecule is Cl.O=C(NCCS(=O)(=O)c1ccc(F)cc1)c1cn2c(n1)CCNCC2. The Bertz CT molecular complexity index is 845. The maximum Gasteiger partial charge on any atom is 0.271 e. The fourth-order valence-corrected chi connectivity index (χ4v) is 3.79. The molecule has 1 aromatic carbocycles. The molecule has 0 bridgehead atoms. The van der Waals surface area contributed by atoms with Gasteiger partial charge in [-0.2, -0.15) is 0 Å². The Morgan fingerprint density at radius 1 is 1.27 bits per heavy atom. The number of hydrogen-bond acceptors (Lipinski definition) is 5. The van der Waals surface area contributed by atoms with Crippen molar-refractivity contribution in [2.24, 2.45) is 0 Å². The zero-order chi connectivity index (χ0) is 17.9. The number of halogens is 2. The molecular weight excluding hydrogens is 383 g/mol. The van der Waals surface area contributed by atoms with Crippen LogP contribution in [-0.4, -0.2) is 49.3 Å². The van der Waals surface area contributed by atoms with Crippen LogP contribution in [0, 0.1) is 5.82 Å². The fraction of sp³-hybridized carbons (Fsp3) is 0.375. The molecule has 0 saturated carbocycles. The zero-order valence-electron chi connectivity index (χ0n) is 13.9. The van der Waals surface area contributed by atoms with Gasteiger partial charge < -0.3 is 15.2 Å². The van der Waals surface area contributed by atoms with Crippen molar-refractivity contribution in [1.82, 2.24) is 20.2 Å². The number of benzene rings is 1. The second kappa shape index (κ2) is 8.61. The predicted molar refractivity (Wildman–Crippen MR) is 96.8 cm³/mol. The van der Waals surface area contributed by atoms with E-state index in [-0.39, 0.29) is 35.3 Å². The average molecular weight is 403 g/mol. The smallest absolute Gasteiger partial charge is 0.271 e. The van der Waals surface area contributed by atoms with Crippen molar-refractivity contribution in [3.63, 3.8) is 0 Å². The molecule has 1 aromatic heterocycles. The molecule has 1 aliphatic heterocycles. The molecule has 3 rings (SSSR count). The van der Waals surface area contributed by atoms with Crippen LogP contribution < -0.4 is 10.6 Å². The van der Waals surface area contributed by atoms with Crippen molar-refractivity contribution >= 4 is 28.2 Å². The van der Waals surface area contributed by atoms with Crippen LogP contribution >= 0.6 is 12.4 Å². The van der Waals surface area contributed by atoms with E-state index in [4.69, 9.17) is 0 Å². The summed E-state index contributed by atoms with van der Waals surface area (Å²) in [4.78, 5) is 16.5. The van der Waals surface area contributed by atoms with Crippen LogP contribution in [0.2, 0.25) is 0 Å². The molecular formula is C16H20ClFN4O3S. The van der Waals surface area contributed by atoms with E-state index in [1.54, 1.807) is 6.20 Å². The highest BCUT2D eigenvalue weighted by Crippen LogP contribution is 2.11. The first-order valence-corrected chi connectivity index (χ1v) is 9.64. The number of rotatable bonds is 5. The number of carbonyl (C=O) groups excluding carboxylic acids is 1. The van der Waals surface area contributed by atoms with E-state index in [2.05, 4.69) is 15.6 Å². The van der Waals surface area contributed by atoms with Crippen LogP contribution in [0.4, 0.5) is 4.39 Å². The Labute approximate surface area is 157 Å². The number of carbonyl (C=O) groups is 1. The van der Waals surface area contributed by atoms with Crippen molar-refractivity contribution in [3.05, 3.63) is 47.8 Å². The number of amides is 1. The summed E-state index contributed by atoms with van der Waals surface area (Å²) in [5.41, 5.74) is 0.288. The quantitative estimate of drug-likeness (QED) is 0.721. The van der Waals surface area contributed by atoms with Gasteiger partial charge in [0.05, 0.1) is 10.6 Å². The summed E-state index contributed by atoms with van der Waals surface area (Å²) in [7, 11) is -3.58. The van der Waals surface area contributed by atoms with Crippen molar-refractivity contribution in [2.75, 3.05) is 25.4 Å². The minimum Gasteiger partial charge on any atom is -0.350 e. The highest BCUT2D eigenvalue weighted by atomic mass is 35.5. The first kappa shape index (κ1) is 20.3. The molecule has 0 saturated heterocycles. The fourth-order valence-electron chi connectivity index (χ4n) is 2.63. The van der Waals surface area contributed by atoms with Gasteiger partial charge in [-0.3, -0.25) is 4.79 Å². The van der Waals surface area contributed by atoms with Gasteiger partial charge in [0.25, 0.3) is 5.91 Å². The molecule has 0 fully saturated rings. The van der Waals surface area contributed by atoms with Gasteiger partial charge in [-0.1, -0.05) is 0 Å². The van der Waals surface area contributed by atoms with Gasteiger partial charge in [0.2, 0.25) is 0 Å². The van der Waals surface area contributed by atoms with E-state index in [9.17, 15) is 17.6 Å². The predicted octanol–water partition coefficient (Wildman–Crippen LogP) is 0.793. The summed E-state index contributed by atoms with van der Waals surface area (Å²) in [6.45, 7) is 2.34. The number of sulfone groups is 1. The van der Waals surface area contributed by atoms with Crippen LogP contribution in [0.5, 0.6) is 0 Å². The van der Waals surface area contributed by atoms with E-state index in [0.29, 0.717) is 0 Å². The van der Waals surface area contributed by atoms with Gasteiger partial charge >= 0.3 is 0 Å². The van der Waals surface area contributed by atoms with Gasteiger partial charge in [-0.25, -0.2) is 17.8 Å². The molecule has 26 heavy (non-hydrogen) atoms. The molecule has 0 atom stereocenters. The second-order valence-electron chi connectivity index (χ2n) is 5.76. The Morgan fingerprint density at radius 3 is 2.73 bits per heavy atom. The van der Waals surface area contributed by atoms with Crippen LogP contribution in [0.15, 0.2) is 35.4 Å². The Kier molecular flexibility index (Phi) is 6.74. The lowest BCUT2D eigenvalue weighted by Gasteiger charge is -2.05. The van der Waals surface area contributed by atoms with Crippen molar-refractivity contribution in [2.45, 2.75) is 17.9 Å². The Balaban J connectivity index is 0.00000243. The van der Waals surface area contributed by atoms with Gasteiger partial charge in [-0.15, -0.1) is 12.4 Å². The molecule has 0 spiro atoms. The van der Waals surface area contributed by atoms with Crippen LogP contribution in [-0.2, 0) is 22.8 Å². The first-order valence-electron chi connectivity index (χ1n) is 7.99. The summed E-state index contributed by atoms with van der Waals surface area (Å²) >= 11 is 0. The largest absolute Gasteiger partial charge is 0.350 e. The number of nitrogens with zero attached hydrogens (tertiary/aromatic N) is 2. The maximum absolute atomic E-state index is 12.9. The second-order valence-corrected chi connectivity index (χ2v) is 7.87. The Morgan fingerprint density at radius 2 is 2.00 bits per heavy atom. The monoisotopic (exact) mass is 402 g/mol. The number of fused-ring (bicyclic) bond motifs is 1. The molecule has 1 amide bonds. The lowest BCUT2D eigenvalue weighted by atomic mass is 10.4. The summed E-state index contributed by atoms with van der Waals surface area (Å²) in [5, 5.41) is 5.82. The summed E-state index contributed by atoms with van der Waals surface area (Å²) in [6.07, 6.45) is 2.43. The molecule has 2 aromatic rings. The normalized spacial score (nSPS) is 14.0. The molecule has 142 valence electrons. The number of aromatic nitrogens is 2. The number of nitrogens with one attached hydrogen (secondary N) is 2. The number of imidazole rings is 1. The molecule has 0 radical (unpaired) electrons. The summed E-state index contributed by atoms with van der Waals surface area (Å²) in [6, 6.07) is 4.62. The van der Waals surface area contributed by atoms with E-state index >= 15 is 0 Å². The molecule has 0 aliphatic carbocycles. The van der Waals surface area contributed by atoms with E-state index in [1.807, 2.05) is 4.57 Å². The van der Waals surface area contributed by atoms with Crippen LogP contribution in [0.3, 0.4) is 0 Å². The van der Waals surface area contributed by atoms with Gasteiger partial charge in [0.1, 0.15) is 17.3 Å². The molecule has 10 heteroatoms. The maximum atomic E-state index is 12.9. The van der Waals surface area contributed by atoms with Gasteiger partial charge in [0, 0.05) is 38.8 Å². The van der Waals surface area contributed by atoms with Crippen LogP contribution in [0.25, 0.3) is 0 Å². The molecule has 2 N–H and O–H groups in total. The summed E-state index contributed by atoms with van der Waals surface area (Å²) in [5.74, 6) is -0.319. The molecule has 1 aliphatic rings. The standard InChI is InChI=1S/C16H19FN4O3S.ClH/c17-12-1-3-13(4-2-12)25(23,24)10-8-19-16(22)14-11-21-9-7-18-6-5-15(21)20-14;/h1-4,11,18H,5-10H2,(H,19,22);1H. The minimum absolute atomic E-state index is 0. The van der Waals surface area contributed by atoms with Gasteiger partial charge in [-0.05, 0) is 24.3 Å². The minimum atomic E-state index is -3.58. The first-order chi connectivity index (χ1) is 12.0. The topological polar surface area (TPSA) is 93.1 Å². The highest BCUT2D eigenvalue weighted by Gasteiger charge is 2.18. The van der Waals surface area contributed by atoms with Crippen LogP contribution in [0.1, 0.15) is 16.3 Å². The van der Waals surface area contributed by atoms with E-state index in [0.717, 1.165) is 44.0 Å². The third-order valence-electron chi connectivity index (χ3n) is 3.98. The Hall–Kier alpha value is -1.97. The molecule has 7 nitrogen and oxygen atoms in total. The van der Waals surface area contributed by atoms with E-state index < -0.39 is 21.6 Å². The van der Waals surface area contributed by atoms with Crippen molar-refractivity contribution < 1.29 is 17.6 Å². The van der Waals surface area contributed by atoms with Crippen molar-refractivity contribution in [1.29, 1.82) is 0 Å². The lowest BCUT2D eigenvalue weighted by Crippen LogP contribution is -2.29. The summed E-state index contributed by atoms with van der Waals surface area (Å²) < 4.78 is 39.1. The van der Waals surface area contributed by atoms with Crippen molar-refractivity contribution in [3.8, 4) is 0 Å². The highest BCUT2D eigenvalue weighted by molar-refractivity contribution is 7.91. The van der Waals surface area contributed by atoms with Gasteiger partial charge in [0.15, 0.2) is 9.84 Å². The number of hydrogen-bond donors (Lipinski definition) is 2. The lowest BCUT2D eigenvalue weighted by molar-refractivity contribution is 0.0951. The third kappa shape index (κ3) is 4.80. The average Bonchev–Trinajstić information content (AvgIpc) is 2.86. The zero-order valence-corrected chi connectivity index (χ0v) is 15.6.